The largest absolute Gasteiger partial charge is 0.506 e. The van der Waals surface area contributed by atoms with Gasteiger partial charge in [0.1, 0.15) is 5.75 Å². The standard InChI is InChI=1S/C18H21N3O2/c1-18(2,3)8-12-5-11(13-6-14(22)10-19-9-13)7-15-16(12)20-17(23)21(15)4/h5-7,9-10,22H,8H2,1-4H3,(H,20,23). The van der Waals surface area contributed by atoms with Crippen LogP contribution in [-0.2, 0) is 13.5 Å². The Hall–Kier alpha value is -2.56. The zero-order valence-corrected chi connectivity index (χ0v) is 13.8. The highest BCUT2D eigenvalue weighted by Crippen LogP contribution is 2.31. The van der Waals surface area contributed by atoms with E-state index in [9.17, 15) is 9.90 Å². The van der Waals surface area contributed by atoms with Crippen molar-refractivity contribution in [2.45, 2.75) is 27.2 Å². The molecule has 0 aliphatic carbocycles. The molecule has 0 spiro atoms. The summed E-state index contributed by atoms with van der Waals surface area (Å²) in [6.45, 7) is 6.51. The van der Waals surface area contributed by atoms with E-state index in [1.54, 1.807) is 23.9 Å². The second-order valence-electron chi connectivity index (χ2n) is 7.19. The minimum absolute atomic E-state index is 0.0926. The summed E-state index contributed by atoms with van der Waals surface area (Å²) in [7, 11) is 1.76. The monoisotopic (exact) mass is 311 g/mol. The predicted octanol–water partition coefficient (Wildman–Crippen LogP) is 3.22. The first-order valence-corrected chi connectivity index (χ1v) is 7.61. The Morgan fingerprint density at radius 1 is 1.17 bits per heavy atom. The number of aryl methyl sites for hydroxylation is 1. The van der Waals surface area contributed by atoms with Crippen LogP contribution in [0.15, 0.2) is 35.4 Å². The third-order valence-electron chi connectivity index (χ3n) is 3.88. The lowest BCUT2D eigenvalue weighted by Crippen LogP contribution is -2.11. The summed E-state index contributed by atoms with van der Waals surface area (Å²) in [6, 6.07) is 5.70. The summed E-state index contributed by atoms with van der Waals surface area (Å²) in [4.78, 5) is 19.0. The quantitative estimate of drug-likeness (QED) is 0.763. The highest BCUT2D eigenvalue weighted by Gasteiger charge is 2.17. The summed E-state index contributed by atoms with van der Waals surface area (Å²) in [5.74, 6) is 0.128. The first-order chi connectivity index (χ1) is 10.7. The second kappa shape index (κ2) is 5.26. The number of hydrogen-bond acceptors (Lipinski definition) is 3. The smallest absolute Gasteiger partial charge is 0.326 e. The molecular formula is C18H21N3O2. The molecule has 0 saturated heterocycles. The average molecular weight is 311 g/mol. The molecule has 5 heteroatoms. The summed E-state index contributed by atoms with van der Waals surface area (Å²) in [5.41, 5.74) is 4.56. The molecule has 3 aromatic rings. The molecule has 3 rings (SSSR count). The topological polar surface area (TPSA) is 70.9 Å². The fourth-order valence-electron chi connectivity index (χ4n) is 2.86. The van der Waals surface area contributed by atoms with Gasteiger partial charge in [0.15, 0.2) is 0 Å². The van der Waals surface area contributed by atoms with Crippen molar-refractivity contribution in [2.24, 2.45) is 12.5 Å². The van der Waals surface area contributed by atoms with Crippen LogP contribution < -0.4 is 5.69 Å². The molecule has 0 unspecified atom stereocenters. The number of aromatic amines is 1. The van der Waals surface area contributed by atoms with Crippen molar-refractivity contribution >= 4 is 11.0 Å². The van der Waals surface area contributed by atoms with Crippen molar-refractivity contribution in [1.29, 1.82) is 0 Å². The van der Waals surface area contributed by atoms with Crippen LogP contribution in [0.4, 0.5) is 0 Å². The molecule has 2 aromatic heterocycles. The number of nitrogens with one attached hydrogen (secondary N) is 1. The maximum Gasteiger partial charge on any atom is 0.326 e. The van der Waals surface area contributed by atoms with Crippen LogP contribution in [0.2, 0.25) is 0 Å². The Labute approximate surface area is 134 Å². The maximum atomic E-state index is 12.0. The number of hydrogen-bond donors (Lipinski definition) is 2. The van der Waals surface area contributed by atoms with Gasteiger partial charge >= 0.3 is 5.69 Å². The Kier molecular flexibility index (Phi) is 3.51. The van der Waals surface area contributed by atoms with E-state index < -0.39 is 0 Å². The van der Waals surface area contributed by atoms with Gasteiger partial charge in [-0.05, 0) is 41.2 Å². The van der Waals surface area contributed by atoms with E-state index in [0.717, 1.165) is 34.1 Å². The molecule has 23 heavy (non-hydrogen) atoms. The fraction of sp³-hybridized carbons (Fsp3) is 0.333. The molecular weight excluding hydrogens is 290 g/mol. The second-order valence-corrected chi connectivity index (χ2v) is 7.19. The Balaban J connectivity index is 2.28. The number of imidazole rings is 1. The van der Waals surface area contributed by atoms with Gasteiger partial charge < -0.3 is 10.1 Å². The first-order valence-electron chi connectivity index (χ1n) is 7.61. The van der Waals surface area contributed by atoms with Gasteiger partial charge in [-0.1, -0.05) is 20.8 Å². The van der Waals surface area contributed by atoms with Crippen LogP contribution in [0.1, 0.15) is 26.3 Å². The van der Waals surface area contributed by atoms with E-state index in [1.807, 2.05) is 6.07 Å². The van der Waals surface area contributed by atoms with Gasteiger partial charge in [-0.2, -0.15) is 0 Å². The number of fused-ring (bicyclic) bond motifs is 1. The van der Waals surface area contributed by atoms with Crippen LogP contribution >= 0.6 is 0 Å². The molecule has 0 atom stereocenters. The summed E-state index contributed by atoms with van der Waals surface area (Å²) < 4.78 is 1.61. The first kappa shape index (κ1) is 15.3. The Bertz CT molecular complexity index is 930. The van der Waals surface area contributed by atoms with E-state index in [4.69, 9.17) is 0 Å². The van der Waals surface area contributed by atoms with Crippen LogP contribution in [0, 0.1) is 5.41 Å². The molecule has 0 aliphatic rings. The number of aromatic nitrogens is 3. The lowest BCUT2D eigenvalue weighted by atomic mass is 9.86. The molecule has 0 bridgehead atoms. The third-order valence-corrected chi connectivity index (χ3v) is 3.88. The lowest BCUT2D eigenvalue weighted by Gasteiger charge is -2.19. The number of pyridine rings is 1. The molecule has 120 valence electrons. The highest BCUT2D eigenvalue weighted by molar-refractivity contribution is 5.85. The van der Waals surface area contributed by atoms with Gasteiger partial charge in [-0.15, -0.1) is 0 Å². The van der Waals surface area contributed by atoms with Gasteiger partial charge in [0, 0.05) is 18.8 Å². The molecule has 1 aromatic carbocycles. The minimum Gasteiger partial charge on any atom is -0.506 e. The van der Waals surface area contributed by atoms with E-state index in [2.05, 4.69) is 36.8 Å². The normalized spacial score (nSPS) is 12.0. The van der Waals surface area contributed by atoms with Crippen molar-refractivity contribution < 1.29 is 5.11 Å². The fourth-order valence-corrected chi connectivity index (χ4v) is 2.86. The van der Waals surface area contributed by atoms with Crippen LogP contribution in [0.3, 0.4) is 0 Å². The van der Waals surface area contributed by atoms with E-state index in [-0.39, 0.29) is 16.9 Å². The molecule has 0 aliphatic heterocycles. The number of benzene rings is 1. The van der Waals surface area contributed by atoms with E-state index in [1.165, 1.54) is 6.20 Å². The van der Waals surface area contributed by atoms with Gasteiger partial charge in [-0.3, -0.25) is 9.55 Å². The van der Waals surface area contributed by atoms with Crippen molar-refractivity contribution in [1.82, 2.24) is 14.5 Å². The van der Waals surface area contributed by atoms with Crippen molar-refractivity contribution in [3.05, 3.63) is 46.6 Å². The molecule has 0 radical (unpaired) electrons. The third kappa shape index (κ3) is 2.99. The zero-order valence-electron chi connectivity index (χ0n) is 13.8. The van der Waals surface area contributed by atoms with Crippen molar-refractivity contribution in [3.8, 4) is 16.9 Å². The van der Waals surface area contributed by atoms with Crippen LogP contribution in [-0.4, -0.2) is 19.6 Å². The van der Waals surface area contributed by atoms with Crippen LogP contribution in [0.25, 0.3) is 22.2 Å². The van der Waals surface area contributed by atoms with E-state index in [0.29, 0.717) is 0 Å². The molecule has 2 N–H and O–H groups in total. The Morgan fingerprint density at radius 2 is 1.91 bits per heavy atom. The van der Waals surface area contributed by atoms with E-state index >= 15 is 0 Å². The lowest BCUT2D eigenvalue weighted by molar-refractivity contribution is 0.412. The minimum atomic E-state index is -0.124. The molecule has 0 amide bonds. The SMILES string of the molecule is Cn1c(=O)[nH]c2c(CC(C)(C)C)cc(-c3cncc(O)c3)cc21. The van der Waals surface area contributed by atoms with Crippen molar-refractivity contribution in [2.75, 3.05) is 0 Å². The molecule has 0 saturated carbocycles. The summed E-state index contributed by atoms with van der Waals surface area (Å²) in [6.07, 6.45) is 3.96. The predicted molar refractivity (Wildman–Crippen MR) is 91.6 cm³/mol. The zero-order chi connectivity index (χ0) is 16.8. The molecule has 5 nitrogen and oxygen atoms in total. The average Bonchev–Trinajstić information content (AvgIpc) is 2.74. The van der Waals surface area contributed by atoms with Crippen molar-refractivity contribution in [3.63, 3.8) is 0 Å². The van der Waals surface area contributed by atoms with Gasteiger partial charge in [0.2, 0.25) is 0 Å². The number of H-pyrrole nitrogens is 1. The molecule has 0 fully saturated rings. The highest BCUT2D eigenvalue weighted by atomic mass is 16.3. The number of nitrogens with zero attached hydrogens (tertiary/aromatic N) is 2. The molecule has 2 heterocycles. The van der Waals surface area contributed by atoms with Gasteiger partial charge in [-0.25, -0.2) is 4.79 Å². The van der Waals surface area contributed by atoms with Gasteiger partial charge in [0.05, 0.1) is 17.2 Å². The summed E-state index contributed by atoms with van der Waals surface area (Å²) >= 11 is 0. The van der Waals surface area contributed by atoms with Gasteiger partial charge in [0.25, 0.3) is 0 Å². The number of rotatable bonds is 2. The van der Waals surface area contributed by atoms with Crippen LogP contribution in [0.5, 0.6) is 5.75 Å². The Morgan fingerprint density at radius 3 is 2.57 bits per heavy atom. The summed E-state index contributed by atoms with van der Waals surface area (Å²) in [5, 5.41) is 9.68. The maximum absolute atomic E-state index is 12.0. The number of aromatic hydroxyl groups is 1.